The van der Waals surface area contributed by atoms with Crippen molar-refractivity contribution >= 4 is 11.8 Å². The number of carbonyl (C=O) groups excluding carboxylic acids is 2. The highest BCUT2D eigenvalue weighted by Crippen LogP contribution is 2.02. The molecule has 1 fully saturated rings. The van der Waals surface area contributed by atoms with E-state index in [1.54, 1.807) is 14.0 Å². The first-order valence-corrected chi connectivity index (χ1v) is 5.43. The van der Waals surface area contributed by atoms with Crippen LogP contribution in [0.15, 0.2) is 0 Å². The quantitative estimate of drug-likeness (QED) is 0.483. The molecule has 0 aliphatic carbocycles. The molecule has 6 heteroatoms. The molecule has 16 heavy (non-hydrogen) atoms. The van der Waals surface area contributed by atoms with E-state index >= 15 is 0 Å². The molecule has 6 nitrogen and oxygen atoms in total. The van der Waals surface area contributed by atoms with E-state index in [1.165, 1.54) is 0 Å². The number of ether oxygens (including phenoxy) is 1. The average Bonchev–Trinajstić information content (AvgIpc) is 2.14. The fourth-order valence-electron chi connectivity index (χ4n) is 1.30. The minimum Gasteiger partial charge on any atom is -0.383 e. The second-order valence-corrected chi connectivity index (χ2v) is 3.87. The molecular formula is C10H19N3O3. The summed E-state index contributed by atoms with van der Waals surface area (Å²) in [7, 11) is 1.57. The predicted molar refractivity (Wildman–Crippen MR) is 58.9 cm³/mol. The molecule has 0 spiro atoms. The van der Waals surface area contributed by atoms with E-state index in [0.717, 1.165) is 0 Å². The first kappa shape index (κ1) is 12.9. The van der Waals surface area contributed by atoms with Crippen LogP contribution in [-0.2, 0) is 14.3 Å². The normalized spacial score (nSPS) is 17.4. The van der Waals surface area contributed by atoms with E-state index in [1.807, 2.05) is 0 Å². The lowest BCUT2D eigenvalue weighted by Crippen LogP contribution is -2.54. The molecule has 1 rings (SSSR count). The molecule has 2 amide bonds. The Bertz CT molecular complexity index is 254. The van der Waals surface area contributed by atoms with Gasteiger partial charge in [-0.3, -0.25) is 9.59 Å². The molecule has 1 saturated heterocycles. The lowest BCUT2D eigenvalue weighted by Gasteiger charge is -2.27. The Balaban J connectivity index is 2.19. The van der Waals surface area contributed by atoms with Crippen molar-refractivity contribution in [1.82, 2.24) is 16.0 Å². The van der Waals surface area contributed by atoms with Crippen molar-refractivity contribution in [1.29, 1.82) is 0 Å². The second-order valence-electron chi connectivity index (χ2n) is 3.87. The number of nitrogens with one attached hydrogen (secondary N) is 3. The van der Waals surface area contributed by atoms with E-state index in [4.69, 9.17) is 4.74 Å². The zero-order chi connectivity index (χ0) is 12.0. The van der Waals surface area contributed by atoms with Crippen LogP contribution in [0.1, 0.15) is 6.92 Å². The zero-order valence-corrected chi connectivity index (χ0v) is 9.71. The highest BCUT2D eigenvalue weighted by atomic mass is 16.5. The van der Waals surface area contributed by atoms with Crippen LogP contribution >= 0.6 is 0 Å². The third kappa shape index (κ3) is 3.79. The predicted octanol–water partition coefficient (Wildman–Crippen LogP) is -1.53. The molecule has 3 N–H and O–H groups in total. The molecule has 1 aliphatic rings. The van der Waals surface area contributed by atoms with Gasteiger partial charge in [-0.2, -0.15) is 0 Å². The standard InChI is InChI=1S/C10H19N3O3/c1-7(9(14)12-3-4-16-2)13-10(15)8-5-11-6-8/h7-8,11H,3-6H2,1-2H3,(H,12,14)(H,13,15). The van der Waals surface area contributed by atoms with Crippen molar-refractivity contribution in [2.45, 2.75) is 13.0 Å². The van der Waals surface area contributed by atoms with E-state index in [-0.39, 0.29) is 17.7 Å². The van der Waals surface area contributed by atoms with Crippen molar-refractivity contribution in [3.05, 3.63) is 0 Å². The van der Waals surface area contributed by atoms with Crippen molar-refractivity contribution < 1.29 is 14.3 Å². The summed E-state index contributed by atoms with van der Waals surface area (Å²) in [5, 5.41) is 8.35. The minimum absolute atomic E-state index is 0.00854. The molecule has 0 aromatic rings. The lowest BCUT2D eigenvalue weighted by atomic mass is 10.0. The number of hydrogen-bond acceptors (Lipinski definition) is 4. The second kappa shape index (κ2) is 6.44. The summed E-state index contributed by atoms with van der Waals surface area (Å²) >= 11 is 0. The van der Waals surface area contributed by atoms with Gasteiger partial charge in [0.05, 0.1) is 12.5 Å². The van der Waals surface area contributed by atoms with Crippen LogP contribution in [0.3, 0.4) is 0 Å². The molecule has 0 bridgehead atoms. The first-order chi connectivity index (χ1) is 7.65. The number of methoxy groups -OCH3 is 1. The molecule has 1 unspecified atom stereocenters. The van der Waals surface area contributed by atoms with Gasteiger partial charge in [0.25, 0.3) is 0 Å². The van der Waals surface area contributed by atoms with Gasteiger partial charge in [0.1, 0.15) is 6.04 Å². The maximum Gasteiger partial charge on any atom is 0.242 e. The molecular weight excluding hydrogens is 210 g/mol. The first-order valence-electron chi connectivity index (χ1n) is 5.43. The molecule has 0 saturated carbocycles. The van der Waals surface area contributed by atoms with Gasteiger partial charge in [-0.05, 0) is 6.92 Å². The fraction of sp³-hybridized carbons (Fsp3) is 0.800. The van der Waals surface area contributed by atoms with Gasteiger partial charge >= 0.3 is 0 Å². The van der Waals surface area contributed by atoms with E-state index in [0.29, 0.717) is 26.2 Å². The van der Waals surface area contributed by atoms with Crippen molar-refractivity contribution in [3.63, 3.8) is 0 Å². The van der Waals surface area contributed by atoms with Crippen LogP contribution in [0.4, 0.5) is 0 Å². The smallest absolute Gasteiger partial charge is 0.242 e. The summed E-state index contributed by atoms with van der Waals surface area (Å²) < 4.78 is 4.81. The Hall–Kier alpha value is -1.14. The monoisotopic (exact) mass is 229 g/mol. The summed E-state index contributed by atoms with van der Waals surface area (Å²) in [6.07, 6.45) is 0. The molecule has 92 valence electrons. The molecule has 0 aromatic heterocycles. The van der Waals surface area contributed by atoms with Gasteiger partial charge < -0.3 is 20.7 Å². The van der Waals surface area contributed by atoms with Gasteiger partial charge in [0.15, 0.2) is 0 Å². The van der Waals surface area contributed by atoms with Crippen molar-refractivity contribution in [2.75, 3.05) is 33.4 Å². The third-order valence-electron chi connectivity index (χ3n) is 2.51. The van der Waals surface area contributed by atoms with Crippen molar-refractivity contribution in [3.8, 4) is 0 Å². The molecule has 0 radical (unpaired) electrons. The van der Waals surface area contributed by atoms with E-state index in [2.05, 4.69) is 16.0 Å². The Kier molecular flexibility index (Phi) is 5.21. The number of hydrogen-bond donors (Lipinski definition) is 3. The molecule has 1 atom stereocenters. The molecule has 1 heterocycles. The lowest BCUT2D eigenvalue weighted by molar-refractivity contribution is -0.131. The number of carbonyl (C=O) groups is 2. The SMILES string of the molecule is COCCNC(=O)C(C)NC(=O)C1CNC1. The highest BCUT2D eigenvalue weighted by molar-refractivity contribution is 5.88. The van der Waals surface area contributed by atoms with Crippen LogP contribution in [0.25, 0.3) is 0 Å². The molecule has 1 aliphatic heterocycles. The topological polar surface area (TPSA) is 79.5 Å². The van der Waals surface area contributed by atoms with Gasteiger partial charge in [-0.1, -0.05) is 0 Å². The van der Waals surface area contributed by atoms with Gasteiger partial charge in [-0.15, -0.1) is 0 Å². The van der Waals surface area contributed by atoms with Crippen molar-refractivity contribution in [2.24, 2.45) is 5.92 Å². The summed E-state index contributed by atoms with van der Waals surface area (Å²) in [4.78, 5) is 23.0. The fourth-order valence-corrected chi connectivity index (χ4v) is 1.30. The summed E-state index contributed by atoms with van der Waals surface area (Å²) in [6, 6.07) is -0.495. The van der Waals surface area contributed by atoms with E-state index in [9.17, 15) is 9.59 Å². The third-order valence-corrected chi connectivity index (χ3v) is 2.51. The van der Waals surface area contributed by atoms with E-state index < -0.39 is 6.04 Å². The highest BCUT2D eigenvalue weighted by Gasteiger charge is 2.27. The average molecular weight is 229 g/mol. The largest absolute Gasteiger partial charge is 0.383 e. The summed E-state index contributed by atoms with van der Waals surface area (Å²) in [5.41, 5.74) is 0. The Morgan fingerprint density at radius 1 is 1.50 bits per heavy atom. The Labute approximate surface area is 95.1 Å². The molecule has 0 aromatic carbocycles. The Morgan fingerprint density at radius 3 is 2.69 bits per heavy atom. The van der Waals surface area contributed by atoms with Crippen LogP contribution in [0.5, 0.6) is 0 Å². The van der Waals surface area contributed by atoms with Gasteiger partial charge in [0, 0.05) is 26.7 Å². The zero-order valence-electron chi connectivity index (χ0n) is 9.71. The minimum atomic E-state index is -0.495. The van der Waals surface area contributed by atoms with Crippen LogP contribution in [-0.4, -0.2) is 51.2 Å². The summed E-state index contributed by atoms with van der Waals surface area (Å²) in [5.74, 6) is -0.236. The maximum atomic E-state index is 11.5. The summed E-state index contributed by atoms with van der Waals surface area (Å²) in [6.45, 7) is 4.00. The van der Waals surface area contributed by atoms with Crippen LogP contribution in [0, 0.1) is 5.92 Å². The van der Waals surface area contributed by atoms with Crippen LogP contribution < -0.4 is 16.0 Å². The van der Waals surface area contributed by atoms with Gasteiger partial charge in [-0.25, -0.2) is 0 Å². The van der Waals surface area contributed by atoms with Gasteiger partial charge in [0.2, 0.25) is 11.8 Å². The number of rotatable bonds is 6. The Morgan fingerprint density at radius 2 is 2.19 bits per heavy atom. The van der Waals surface area contributed by atoms with Crippen LogP contribution in [0.2, 0.25) is 0 Å². The maximum absolute atomic E-state index is 11.5. The number of amides is 2.